The molecule has 168 valence electrons. The van der Waals surface area contributed by atoms with Gasteiger partial charge in [0.05, 0.1) is 18.9 Å². The molecule has 0 spiro atoms. The predicted molar refractivity (Wildman–Crippen MR) is 115 cm³/mol. The van der Waals surface area contributed by atoms with Gasteiger partial charge in [-0.05, 0) is 38.8 Å². The van der Waals surface area contributed by atoms with E-state index < -0.39 is 18.2 Å². The second kappa shape index (κ2) is 11.3. The molecule has 8 nitrogen and oxygen atoms in total. The van der Waals surface area contributed by atoms with Gasteiger partial charge >= 0.3 is 12.1 Å². The Morgan fingerprint density at radius 3 is 2.55 bits per heavy atom. The standard InChI is InChI=1S/C23H30N2O6/c1-14(2)31-20(22(26)27)10-17-7-6-8-18(9-17)12-25-23(28)30-13-19-16(4)21(29-5)15(3)11-24-19/h6-9,11,14,20H,10,12-13H2,1-5H3,(H,25,28)(H,26,27)/t20-/m0/s1. The number of carboxylic acids is 1. The van der Waals surface area contributed by atoms with Gasteiger partial charge in [0.2, 0.25) is 0 Å². The number of methoxy groups -OCH3 is 1. The molecule has 2 N–H and O–H groups in total. The molecule has 0 aliphatic rings. The molecule has 0 aliphatic heterocycles. The van der Waals surface area contributed by atoms with E-state index in [9.17, 15) is 14.7 Å². The summed E-state index contributed by atoms with van der Waals surface area (Å²) in [5.74, 6) is -0.274. The van der Waals surface area contributed by atoms with Crippen LogP contribution in [0.25, 0.3) is 0 Å². The fourth-order valence-electron chi connectivity index (χ4n) is 3.18. The van der Waals surface area contributed by atoms with Gasteiger partial charge in [-0.2, -0.15) is 0 Å². The second-order valence-corrected chi connectivity index (χ2v) is 7.51. The number of rotatable bonds is 10. The van der Waals surface area contributed by atoms with Crippen LogP contribution in [0.3, 0.4) is 0 Å². The highest BCUT2D eigenvalue weighted by Crippen LogP contribution is 2.24. The molecule has 0 fully saturated rings. The Hall–Kier alpha value is -3.13. The van der Waals surface area contributed by atoms with Gasteiger partial charge < -0.3 is 24.6 Å². The minimum atomic E-state index is -1.00. The third-order valence-corrected chi connectivity index (χ3v) is 4.65. The lowest BCUT2D eigenvalue weighted by Crippen LogP contribution is -2.29. The summed E-state index contributed by atoms with van der Waals surface area (Å²) in [6.07, 6.45) is 0.244. The van der Waals surface area contributed by atoms with E-state index in [-0.39, 0.29) is 25.7 Å². The summed E-state index contributed by atoms with van der Waals surface area (Å²) in [5.41, 5.74) is 4.02. The Morgan fingerprint density at radius 2 is 1.90 bits per heavy atom. The summed E-state index contributed by atoms with van der Waals surface area (Å²) in [6.45, 7) is 7.64. The molecular formula is C23H30N2O6. The van der Waals surface area contributed by atoms with Crippen LogP contribution in [-0.2, 0) is 33.8 Å². The van der Waals surface area contributed by atoms with Gasteiger partial charge in [0.1, 0.15) is 12.4 Å². The highest BCUT2D eigenvalue weighted by atomic mass is 16.5. The highest BCUT2D eigenvalue weighted by molar-refractivity contribution is 5.72. The Labute approximate surface area is 182 Å². The number of amides is 1. The molecule has 0 aliphatic carbocycles. The second-order valence-electron chi connectivity index (χ2n) is 7.51. The molecule has 0 saturated carbocycles. The first-order chi connectivity index (χ1) is 14.7. The zero-order valence-corrected chi connectivity index (χ0v) is 18.6. The van der Waals surface area contributed by atoms with E-state index in [1.165, 1.54) is 0 Å². The Morgan fingerprint density at radius 1 is 1.19 bits per heavy atom. The lowest BCUT2D eigenvalue weighted by atomic mass is 10.0. The number of carboxylic acid groups (broad SMARTS) is 1. The third kappa shape index (κ3) is 7.25. The van der Waals surface area contributed by atoms with Gasteiger partial charge in [0, 0.05) is 30.3 Å². The van der Waals surface area contributed by atoms with Crippen molar-refractivity contribution in [2.75, 3.05) is 7.11 Å². The molecule has 2 rings (SSSR count). The minimum absolute atomic E-state index is 0.0289. The van der Waals surface area contributed by atoms with Gasteiger partial charge in [-0.1, -0.05) is 24.3 Å². The van der Waals surface area contributed by atoms with Crippen molar-refractivity contribution < 1.29 is 28.9 Å². The fraction of sp³-hybridized carbons (Fsp3) is 0.435. The number of aliphatic carboxylic acids is 1. The predicted octanol–water partition coefficient (Wildman–Crippen LogP) is 3.55. The molecule has 1 atom stereocenters. The topological polar surface area (TPSA) is 107 Å². The summed E-state index contributed by atoms with van der Waals surface area (Å²) in [4.78, 5) is 27.8. The van der Waals surface area contributed by atoms with E-state index in [4.69, 9.17) is 14.2 Å². The van der Waals surface area contributed by atoms with Gasteiger partial charge in [-0.3, -0.25) is 4.98 Å². The summed E-state index contributed by atoms with van der Waals surface area (Å²) >= 11 is 0. The molecule has 0 radical (unpaired) electrons. The zero-order valence-electron chi connectivity index (χ0n) is 18.6. The Bertz CT molecular complexity index is 913. The number of nitrogens with zero attached hydrogens (tertiary/aromatic N) is 1. The Kier molecular flexibility index (Phi) is 8.81. The largest absolute Gasteiger partial charge is 0.496 e. The summed E-state index contributed by atoms with van der Waals surface area (Å²) < 4.78 is 16.1. The van der Waals surface area contributed by atoms with E-state index in [1.807, 2.05) is 38.1 Å². The van der Waals surface area contributed by atoms with E-state index >= 15 is 0 Å². The number of hydrogen-bond donors (Lipinski definition) is 2. The minimum Gasteiger partial charge on any atom is -0.496 e. The van der Waals surface area contributed by atoms with Crippen LogP contribution in [0.5, 0.6) is 5.75 Å². The van der Waals surface area contributed by atoms with Crippen LogP contribution in [-0.4, -0.2) is 41.5 Å². The number of pyridine rings is 1. The smallest absolute Gasteiger partial charge is 0.407 e. The number of hydrogen-bond acceptors (Lipinski definition) is 6. The van der Waals surface area contributed by atoms with Crippen molar-refractivity contribution in [3.8, 4) is 5.75 Å². The number of aromatic nitrogens is 1. The molecule has 0 unspecified atom stereocenters. The van der Waals surface area contributed by atoms with Gasteiger partial charge in [0.15, 0.2) is 6.10 Å². The maximum atomic E-state index is 12.1. The molecular weight excluding hydrogens is 400 g/mol. The molecule has 1 aromatic heterocycles. The summed E-state index contributed by atoms with van der Waals surface area (Å²) in [6, 6.07) is 7.34. The lowest BCUT2D eigenvalue weighted by Gasteiger charge is -2.17. The van der Waals surface area contributed by atoms with Gasteiger partial charge in [-0.15, -0.1) is 0 Å². The third-order valence-electron chi connectivity index (χ3n) is 4.65. The van der Waals surface area contributed by atoms with Crippen molar-refractivity contribution in [1.82, 2.24) is 10.3 Å². The van der Waals surface area contributed by atoms with Gasteiger partial charge in [-0.25, -0.2) is 9.59 Å². The average molecular weight is 431 g/mol. The number of ether oxygens (including phenoxy) is 3. The maximum absolute atomic E-state index is 12.1. The van der Waals surface area contributed by atoms with Crippen LogP contribution in [0.2, 0.25) is 0 Å². The average Bonchev–Trinajstić information content (AvgIpc) is 2.71. The number of nitrogens with one attached hydrogen (secondary N) is 1. The van der Waals surface area contributed by atoms with Crippen LogP contribution in [0.4, 0.5) is 4.79 Å². The monoisotopic (exact) mass is 430 g/mol. The van der Waals surface area contributed by atoms with Crippen molar-refractivity contribution in [1.29, 1.82) is 0 Å². The summed E-state index contributed by atoms with van der Waals surface area (Å²) in [7, 11) is 1.59. The number of carbonyl (C=O) groups excluding carboxylic acids is 1. The summed E-state index contributed by atoms with van der Waals surface area (Å²) in [5, 5.41) is 12.0. The normalized spacial score (nSPS) is 11.8. The van der Waals surface area contributed by atoms with E-state index in [1.54, 1.807) is 27.2 Å². The van der Waals surface area contributed by atoms with Crippen molar-refractivity contribution in [2.24, 2.45) is 0 Å². The van der Waals surface area contributed by atoms with Crippen LogP contribution in [0.1, 0.15) is 41.8 Å². The number of alkyl carbamates (subject to hydrolysis) is 1. The molecule has 2 aromatic rings. The molecule has 31 heavy (non-hydrogen) atoms. The molecule has 0 saturated heterocycles. The first-order valence-corrected chi connectivity index (χ1v) is 10.1. The van der Waals surface area contributed by atoms with Gasteiger partial charge in [0.25, 0.3) is 0 Å². The first kappa shape index (κ1) is 24.1. The highest BCUT2D eigenvalue weighted by Gasteiger charge is 2.20. The van der Waals surface area contributed by atoms with Crippen LogP contribution >= 0.6 is 0 Å². The molecule has 1 amide bonds. The number of benzene rings is 1. The van der Waals surface area contributed by atoms with Crippen LogP contribution in [0, 0.1) is 13.8 Å². The fourth-order valence-corrected chi connectivity index (χ4v) is 3.18. The van der Waals surface area contributed by atoms with Crippen molar-refractivity contribution in [2.45, 2.75) is 59.5 Å². The van der Waals surface area contributed by atoms with E-state index in [0.29, 0.717) is 5.69 Å². The molecule has 8 heteroatoms. The van der Waals surface area contributed by atoms with Crippen molar-refractivity contribution in [3.63, 3.8) is 0 Å². The van der Waals surface area contributed by atoms with Crippen molar-refractivity contribution >= 4 is 12.1 Å². The van der Waals surface area contributed by atoms with Crippen LogP contribution in [0.15, 0.2) is 30.5 Å². The zero-order chi connectivity index (χ0) is 23.0. The molecule has 1 aromatic carbocycles. The first-order valence-electron chi connectivity index (χ1n) is 10.1. The van der Waals surface area contributed by atoms with E-state index in [2.05, 4.69) is 10.3 Å². The quantitative estimate of drug-likeness (QED) is 0.593. The Balaban J connectivity index is 1.91. The molecule has 0 bridgehead atoms. The lowest BCUT2D eigenvalue weighted by molar-refractivity contribution is -0.153. The van der Waals surface area contributed by atoms with Crippen LogP contribution < -0.4 is 10.1 Å². The van der Waals surface area contributed by atoms with Crippen molar-refractivity contribution in [3.05, 3.63) is 58.4 Å². The van der Waals surface area contributed by atoms with E-state index in [0.717, 1.165) is 28.0 Å². The maximum Gasteiger partial charge on any atom is 0.407 e. The number of aryl methyl sites for hydroxylation is 1. The number of carbonyl (C=O) groups is 2. The SMILES string of the molecule is COc1c(C)cnc(COC(=O)NCc2cccc(C[C@H](OC(C)C)C(=O)O)c2)c1C. The molecule has 1 heterocycles.